The van der Waals surface area contributed by atoms with Gasteiger partial charge in [-0.25, -0.2) is 0 Å². The van der Waals surface area contributed by atoms with E-state index in [1.807, 2.05) is 0 Å². The van der Waals surface area contributed by atoms with Gasteiger partial charge in [0, 0.05) is 29.8 Å². The molecular weight excluding hydrogens is 252 g/mol. The van der Waals surface area contributed by atoms with Crippen LogP contribution < -0.4 is 10.6 Å². The summed E-state index contributed by atoms with van der Waals surface area (Å²) in [5.41, 5.74) is 7.05. The summed E-state index contributed by atoms with van der Waals surface area (Å²) < 4.78 is 1.13. The van der Waals surface area contributed by atoms with Crippen LogP contribution in [0.3, 0.4) is 0 Å². The smallest absolute Gasteiger partial charge is 0.0364 e. The largest absolute Gasteiger partial charge is 0.374 e. The van der Waals surface area contributed by atoms with Crippen LogP contribution in [0.4, 0.5) is 5.69 Å². The molecule has 2 nitrogen and oxygen atoms in total. The average Bonchev–Trinajstić information content (AvgIpc) is 2.16. The minimum atomic E-state index is 0.452. The van der Waals surface area contributed by atoms with Gasteiger partial charge in [0.05, 0.1) is 0 Å². The number of hydrogen-bond donors (Lipinski definition) is 1. The molecular formula is C12H17BrN2. The SMILES string of the molecule is CN(CC1CC(N)C1)c1ccc(Br)cc1. The Bertz CT molecular complexity index is 317. The summed E-state index contributed by atoms with van der Waals surface area (Å²) in [6.07, 6.45) is 2.36. The van der Waals surface area contributed by atoms with Gasteiger partial charge < -0.3 is 10.6 Å². The molecule has 15 heavy (non-hydrogen) atoms. The van der Waals surface area contributed by atoms with Gasteiger partial charge in [-0.2, -0.15) is 0 Å². The lowest BCUT2D eigenvalue weighted by Crippen LogP contribution is -2.41. The number of anilines is 1. The van der Waals surface area contributed by atoms with Crippen LogP contribution in [0.5, 0.6) is 0 Å². The molecule has 0 aliphatic heterocycles. The molecule has 2 rings (SSSR count). The molecule has 1 saturated carbocycles. The predicted molar refractivity (Wildman–Crippen MR) is 68.1 cm³/mol. The van der Waals surface area contributed by atoms with Gasteiger partial charge >= 0.3 is 0 Å². The van der Waals surface area contributed by atoms with E-state index in [1.165, 1.54) is 18.5 Å². The number of hydrogen-bond acceptors (Lipinski definition) is 2. The molecule has 1 aromatic rings. The third-order valence-corrected chi connectivity index (χ3v) is 3.60. The lowest BCUT2D eigenvalue weighted by Gasteiger charge is -2.36. The summed E-state index contributed by atoms with van der Waals surface area (Å²) in [5, 5.41) is 0. The zero-order valence-corrected chi connectivity index (χ0v) is 10.6. The van der Waals surface area contributed by atoms with Crippen LogP contribution in [-0.4, -0.2) is 19.6 Å². The topological polar surface area (TPSA) is 29.3 Å². The zero-order valence-electron chi connectivity index (χ0n) is 8.99. The van der Waals surface area contributed by atoms with E-state index in [4.69, 9.17) is 5.73 Å². The van der Waals surface area contributed by atoms with Crippen molar-refractivity contribution in [2.24, 2.45) is 11.7 Å². The van der Waals surface area contributed by atoms with Crippen molar-refractivity contribution >= 4 is 21.6 Å². The molecule has 2 N–H and O–H groups in total. The van der Waals surface area contributed by atoms with E-state index in [1.54, 1.807) is 0 Å². The van der Waals surface area contributed by atoms with Gasteiger partial charge in [0.15, 0.2) is 0 Å². The van der Waals surface area contributed by atoms with Crippen molar-refractivity contribution in [1.82, 2.24) is 0 Å². The second-order valence-electron chi connectivity index (χ2n) is 4.45. The zero-order chi connectivity index (χ0) is 10.8. The Balaban J connectivity index is 1.90. The molecule has 82 valence electrons. The van der Waals surface area contributed by atoms with Crippen LogP contribution >= 0.6 is 15.9 Å². The molecule has 1 fully saturated rings. The van der Waals surface area contributed by atoms with E-state index in [0.29, 0.717) is 6.04 Å². The number of benzene rings is 1. The molecule has 0 amide bonds. The number of rotatable bonds is 3. The number of nitrogens with two attached hydrogens (primary N) is 1. The van der Waals surface area contributed by atoms with Crippen molar-refractivity contribution in [2.45, 2.75) is 18.9 Å². The molecule has 1 aliphatic carbocycles. The third kappa shape index (κ3) is 2.73. The maximum Gasteiger partial charge on any atom is 0.0364 e. The van der Waals surface area contributed by atoms with Crippen molar-refractivity contribution in [3.63, 3.8) is 0 Å². The van der Waals surface area contributed by atoms with Crippen LogP contribution in [0, 0.1) is 5.92 Å². The van der Waals surface area contributed by atoms with Crippen LogP contribution in [0.2, 0.25) is 0 Å². The highest BCUT2D eigenvalue weighted by Gasteiger charge is 2.26. The Labute approximate surface area is 99.6 Å². The maximum absolute atomic E-state index is 5.78. The van der Waals surface area contributed by atoms with E-state index >= 15 is 0 Å². The number of nitrogens with zero attached hydrogens (tertiary/aromatic N) is 1. The molecule has 0 bridgehead atoms. The van der Waals surface area contributed by atoms with E-state index in [0.717, 1.165) is 16.9 Å². The Kier molecular flexibility index (Phi) is 3.32. The van der Waals surface area contributed by atoms with Gasteiger partial charge in [0.25, 0.3) is 0 Å². The summed E-state index contributed by atoms with van der Waals surface area (Å²) in [6.45, 7) is 1.12. The Morgan fingerprint density at radius 3 is 2.47 bits per heavy atom. The van der Waals surface area contributed by atoms with Gasteiger partial charge in [-0.15, -0.1) is 0 Å². The summed E-state index contributed by atoms with van der Waals surface area (Å²) in [4.78, 5) is 2.31. The lowest BCUT2D eigenvalue weighted by atomic mass is 9.80. The Morgan fingerprint density at radius 1 is 1.33 bits per heavy atom. The fourth-order valence-corrected chi connectivity index (χ4v) is 2.39. The van der Waals surface area contributed by atoms with Gasteiger partial charge in [-0.3, -0.25) is 0 Å². The highest BCUT2D eigenvalue weighted by molar-refractivity contribution is 9.10. The summed E-state index contributed by atoms with van der Waals surface area (Å²) >= 11 is 3.44. The summed E-state index contributed by atoms with van der Waals surface area (Å²) in [6, 6.07) is 8.90. The predicted octanol–water partition coefficient (Wildman–Crippen LogP) is 2.62. The van der Waals surface area contributed by atoms with E-state index in [-0.39, 0.29) is 0 Å². The minimum absolute atomic E-state index is 0.452. The Hall–Kier alpha value is -0.540. The first-order chi connectivity index (χ1) is 7.15. The van der Waals surface area contributed by atoms with E-state index in [9.17, 15) is 0 Å². The molecule has 3 heteroatoms. The van der Waals surface area contributed by atoms with Crippen molar-refractivity contribution in [3.8, 4) is 0 Å². The first kappa shape index (κ1) is 11.0. The second kappa shape index (κ2) is 4.54. The molecule has 0 atom stereocenters. The molecule has 0 spiro atoms. The van der Waals surface area contributed by atoms with E-state index in [2.05, 4.69) is 52.1 Å². The molecule has 0 aromatic heterocycles. The van der Waals surface area contributed by atoms with Crippen molar-refractivity contribution in [2.75, 3.05) is 18.5 Å². The molecule has 0 unspecified atom stereocenters. The standard InChI is InChI=1S/C12H17BrN2/c1-15(8-9-6-11(14)7-9)12-4-2-10(13)3-5-12/h2-5,9,11H,6-8,14H2,1H3. The van der Waals surface area contributed by atoms with Crippen LogP contribution in [0.1, 0.15) is 12.8 Å². The maximum atomic E-state index is 5.78. The van der Waals surface area contributed by atoms with Crippen LogP contribution in [-0.2, 0) is 0 Å². The van der Waals surface area contributed by atoms with Crippen molar-refractivity contribution in [1.29, 1.82) is 0 Å². The average molecular weight is 269 g/mol. The summed E-state index contributed by atoms with van der Waals surface area (Å²) in [5.74, 6) is 0.786. The fraction of sp³-hybridized carbons (Fsp3) is 0.500. The van der Waals surface area contributed by atoms with Crippen LogP contribution in [0.25, 0.3) is 0 Å². The highest BCUT2D eigenvalue weighted by Crippen LogP contribution is 2.28. The van der Waals surface area contributed by atoms with E-state index < -0.39 is 0 Å². The third-order valence-electron chi connectivity index (χ3n) is 3.07. The minimum Gasteiger partial charge on any atom is -0.374 e. The van der Waals surface area contributed by atoms with Gasteiger partial charge in [-0.1, -0.05) is 15.9 Å². The lowest BCUT2D eigenvalue weighted by molar-refractivity contribution is 0.271. The monoisotopic (exact) mass is 268 g/mol. The van der Waals surface area contributed by atoms with Crippen LogP contribution in [0.15, 0.2) is 28.7 Å². The first-order valence-electron chi connectivity index (χ1n) is 5.37. The van der Waals surface area contributed by atoms with Crippen molar-refractivity contribution in [3.05, 3.63) is 28.7 Å². The molecule has 0 saturated heterocycles. The molecule has 0 radical (unpaired) electrons. The Morgan fingerprint density at radius 2 is 1.93 bits per heavy atom. The normalized spacial score (nSPS) is 24.7. The molecule has 0 heterocycles. The fourth-order valence-electron chi connectivity index (χ4n) is 2.12. The van der Waals surface area contributed by atoms with Gasteiger partial charge in [0.1, 0.15) is 0 Å². The first-order valence-corrected chi connectivity index (χ1v) is 6.16. The second-order valence-corrected chi connectivity index (χ2v) is 5.37. The van der Waals surface area contributed by atoms with Crippen molar-refractivity contribution < 1.29 is 0 Å². The molecule has 1 aliphatic rings. The quantitative estimate of drug-likeness (QED) is 0.914. The highest BCUT2D eigenvalue weighted by atomic mass is 79.9. The van der Waals surface area contributed by atoms with Gasteiger partial charge in [-0.05, 0) is 43.0 Å². The summed E-state index contributed by atoms with van der Waals surface area (Å²) in [7, 11) is 2.15. The van der Waals surface area contributed by atoms with Gasteiger partial charge in [0.2, 0.25) is 0 Å². The number of halogens is 1. The molecule has 1 aromatic carbocycles.